The van der Waals surface area contributed by atoms with Gasteiger partial charge >= 0.3 is 0 Å². The van der Waals surface area contributed by atoms with E-state index in [4.69, 9.17) is 0 Å². The lowest BCUT2D eigenvalue weighted by molar-refractivity contribution is 0.467. The maximum atomic E-state index is 9.95. The van der Waals surface area contributed by atoms with Crippen LogP contribution < -0.4 is 0 Å². The molecule has 2 aromatic carbocycles. The Morgan fingerprint density at radius 1 is 0.667 bits per heavy atom. The van der Waals surface area contributed by atoms with Gasteiger partial charge in [-0.05, 0) is 54.0 Å². The summed E-state index contributed by atoms with van der Waals surface area (Å²) in [6.45, 7) is 0. The van der Waals surface area contributed by atoms with E-state index < -0.39 is 0 Å². The standard InChI is InChI=1S/C16H16O.H2S/c17-16-11-14-6-5-12-1-3-13(4-2-12)7-9-15(16)10-8-14;/h1-4,8,10-11,17H,5-7,9H2;1H2. The van der Waals surface area contributed by atoms with Crippen molar-refractivity contribution in [1.82, 2.24) is 0 Å². The minimum atomic E-state index is 0. The molecule has 0 aliphatic heterocycles. The second kappa shape index (κ2) is 5.49. The molecule has 2 aromatic rings. The summed E-state index contributed by atoms with van der Waals surface area (Å²) in [7, 11) is 0. The number of benzene rings is 2. The van der Waals surface area contributed by atoms with Gasteiger partial charge in [-0.3, -0.25) is 0 Å². The summed E-state index contributed by atoms with van der Waals surface area (Å²) in [6, 6.07) is 15.0. The molecule has 4 aliphatic rings. The zero-order valence-electron chi connectivity index (χ0n) is 10.3. The lowest BCUT2D eigenvalue weighted by Crippen LogP contribution is -1.98. The summed E-state index contributed by atoms with van der Waals surface area (Å²) in [4.78, 5) is 0. The van der Waals surface area contributed by atoms with Crippen molar-refractivity contribution in [3.63, 3.8) is 0 Å². The van der Waals surface area contributed by atoms with Crippen molar-refractivity contribution in [2.45, 2.75) is 25.7 Å². The van der Waals surface area contributed by atoms with E-state index in [1.165, 1.54) is 16.7 Å². The average Bonchev–Trinajstić information content (AvgIpc) is 2.34. The van der Waals surface area contributed by atoms with E-state index >= 15 is 0 Å². The Morgan fingerprint density at radius 2 is 1.17 bits per heavy atom. The lowest BCUT2D eigenvalue weighted by Gasteiger charge is -2.11. The highest BCUT2D eigenvalue weighted by molar-refractivity contribution is 7.59. The van der Waals surface area contributed by atoms with E-state index in [2.05, 4.69) is 36.4 Å². The van der Waals surface area contributed by atoms with Gasteiger partial charge in [0.05, 0.1) is 0 Å². The Morgan fingerprint density at radius 3 is 1.78 bits per heavy atom. The quantitative estimate of drug-likeness (QED) is 0.768. The minimum absolute atomic E-state index is 0. The van der Waals surface area contributed by atoms with Gasteiger partial charge in [-0.2, -0.15) is 13.5 Å². The molecule has 4 bridgehead atoms. The highest BCUT2D eigenvalue weighted by atomic mass is 32.1. The summed E-state index contributed by atoms with van der Waals surface area (Å²) in [5, 5.41) is 9.95. The first-order chi connectivity index (χ1) is 8.31. The summed E-state index contributed by atoms with van der Waals surface area (Å²) < 4.78 is 0. The van der Waals surface area contributed by atoms with Crippen LogP contribution in [0.3, 0.4) is 0 Å². The molecule has 0 saturated heterocycles. The van der Waals surface area contributed by atoms with Gasteiger partial charge in [-0.1, -0.05) is 36.4 Å². The third-order valence-electron chi connectivity index (χ3n) is 3.56. The molecule has 94 valence electrons. The Kier molecular flexibility index (Phi) is 3.97. The molecule has 0 fully saturated rings. The van der Waals surface area contributed by atoms with Crippen molar-refractivity contribution >= 4 is 13.5 Å². The van der Waals surface area contributed by atoms with E-state index in [0.29, 0.717) is 5.75 Å². The fourth-order valence-electron chi connectivity index (χ4n) is 2.42. The number of rotatable bonds is 0. The van der Waals surface area contributed by atoms with Gasteiger partial charge in [0, 0.05) is 0 Å². The van der Waals surface area contributed by atoms with E-state index in [9.17, 15) is 5.11 Å². The van der Waals surface area contributed by atoms with Crippen molar-refractivity contribution < 1.29 is 5.11 Å². The molecule has 0 spiro atoms. The molecule has 6 rings (SSSR count). The number of phenolic OH excluding ortho intramolecular Hbond substituents is 1. The number of aromatic hydroxyl groups is 1. The molecule has 2 heteroatoms. The molecule has 0 atom stereocenters. The normalized spacial score (nSPS) is 13.6. The van der Waals surface area contributed by atoms with E-state index in [0.717, 1.165) is 31.2 Å². The van der Waals surface area contributed by atoms with Gasteiger partial charge in [0.25, 0.3) is 0 Å². The summed E-state index contributed by atoms with van der Waals surface area (Å²) >= 11 is 0. The molecule has 0 unspecified atom stereocenters. The first-order valence-electron chi connectivity index (χ1n) is 6.20. The van der Waals surface area contributed by atoms with Gasteiger partial charge in [-0.25, -0.2) is 0 Å². The van der Waals surface area contributed by atoms with Crippen molar-refractivity contribution in [3.05, 3.63) is 64.7 Å². The molecule has 0 heterocycles. The first-order valence-corrected chi connectivity index (χ1v) is 6.20. The molecule has 0 amide bonds. The Bertz CT molecular complexity index is 531. The molecule has 1 nitrogen and oxygen atoms in total. The summed E-state index contributed by atoms with van der Waals surface area (Å²) in [5.74, 6) is 0.456. The second-order valence-corrected chi connectivity index (χ2v) is 4.78. The number of hydrogen-bond acceptors (Lipinski definition) is 1. The number of hydrogen-bond donors (Lipinski definition) is 1. The Hall–Kier alpha value is -1.41. The third kappa shape index (κ3) is 2.70. The van der Waals surface area contributed by atoms with Gasteiger partial charge in [-0.15, -0.1) is 0 Å². The minimum Gasteiger partial charge on any atom is -0.508 e. The lowest BCUT2D eigenvalue weighted by atomic mass is 9.96. The van der Waals surface area contributed by atoms with Gasteiger partial charge < -0.3 is 5.11 Å². The van der Waals surface area contributed by atoms with Crippen LogP contribution in [0.1, 0.15) is 22.3 Å². The van der Waals surface area contributed by atoms with E-state index in [-0.39, 0.29) is 13.5 Å². The van der Waals surface area contributed by atoms with E-state index in [1.54, 1.807) is 0 Å². The monoisotopic (exact) mass is 258 g/mol. The topological polar surface area (TPSA) is 20.2 Å². The number of aryl methyl sites for hydroxylation is 4. The summed E-state index contributed by atoms with van der Waals surface area (Å²) in [6.07, 6.45) is 3.94. The molecule has 18 heavy (non-hydrogen) atoms. The zero-order valence-corrected chi connectivity index (χ0v) is 11.3. The van der Waals surface area contributed by atoms with Crippen LogP contribution >= 0.6 is 13.5 Å². The smallest absolute Gasteiger partial charge is 0.119 e. The summed E-state index contributed by atoms with van der Waals surface area (Å²) in [5.41, 5.74) is 4.99. The molecule has 4 aliphatic carbocycles. The maximum Gasteiger partial charge on any atom is 0.119 e. The van der Waals surface area contributed by atoms with Gasteiger partial charge in [0.1, 0.15) is 5.75 Å². The van der Waals surface area contributed by atoms with Crippen LogP contribution in [0.2, 0.25) is 0 Å². The van der Waals surface area contributed by atoms with Gasteiger partial charge in [0.2, 0.25) is 0 Å². The van der Waals surface area contributed by atoms with Crippen LogP contribution in [0.4, 0.5) is 0 Å². The highest BCUT2D eigenvalue weighted by Gasteiger charge is 2.06. The predicted octanol–water partition coefficient (Wildman–Crippen LogP) is 3.39. The van der Waals surface area contributed by atoms with Crippen LogP contribution in [0.25, 0.3) is 0 Å². The Balaban J connectivity index is 0.00000120. The molecule has 0 aromatic heterocycles. The molecular formula is C16H18OS. The zero-order chi connectivity index (χ0) is 11.7. The molecule has 0 saturated carbocycles. The van der Waals surface area contributed by atoms with Gasteiger partial charge in [0.15, 0.2) is 0 Å². The maximum absolute atomic E-state index is 9.95. The van der Waals surface area contributed by atoms with Crippen LogP contribution in [0, 0.1) is 0 Å². The molecule has 0 radical (unpaired) electrons. The average molecular weight is 258 g/mol. The van der Waals surface area contributed by atoms with E-state index in [1.807, 2.05) is 6.07 Å². The largest absolute Gasteiger partial charge is 0.508 e. The predicted molar refractivity (Wildman–Crippen MR) is 79.7 cm³/mol. The second-order valence-electron chi connectivity index (χ2n) is 4.78. The van der Waals surface area contributed by atoms with Crippen LogP contribution in [0.5, 0.6) is 5.75 Å². The third-order valence-corrected chi connectivity index (χ3v) is 3.56. The first kappa shape index (κ1) is 13.0. The fraction of sp³-hybridized carbons (Fsp3) is 0.250. The van der Waals surface area contributed by atoms with Crippen molar-refractivity contribution in [2.24, 2.45) is 0 Å². The Labute approximate surface area is 115 Å². The number of phenols is 1. The van der Waals surface area contributed by atoms with Crippen LogP contribution in [-0.4, -0.2) is 5.11 Å². The van der Waals surface area contributed by atoms with Crippen LogP contribution in [-0.2, 0) is 25.7 Å². The van der Waals surface area contributed by atoms with Crippen molar-refractivity contribution in [1.29, 1.82) is 0 Å². The molecule has 1 N–H and O–H groups in total. The molecular weight excluding hydrogens is 240 g/mol. The van der Waals surface area contributed by atoms with Crippen LogP contribution in [0.15, 0.2) is 42.5 Å². The SMILES string of the molecule is Oc1cc2ccc1CCc1ccc(cc1)CC2.S. The van der Waals surface area contributed by atoms with Crippen molar-refractivity contribution in [2.75, 3.05) is 0 Å². The highest BCUT2D eigenvalue weighted by Crippen LogP contribution is 2.23. The van der Waals surface area contributed by atoms with Crippen molar-refractivity contribution in [3.8, 4) is 5.75 Å². The fourth-order valence-corrected chi connectivity index (χ4v) is 2.42.